The van der Waals surface area contributed by atoms with Crippen LogP contribution in [0.4, 0.5) is 0 Å². The molecule has 0 N–H and O–H groups in total. The van der Waals surface area contributed by atoms with Gasteiger partial charge in [0.2, 0.25) is 0 Å². The van der Waals surface area contributed by atoms with Gasteiger partial charge in [-0.05, 0) is 59.3 Å². The Balaban J connectivity index is 1.13. The summed E-state index contributed by atoms with van der Waals surface area (Å²) in [5.41, 5.74) is 4.30. The summed E-state index contributed by atoms with van der Waals surface area (Å²) in [6.07, 6.45) is 3.90. The molecule has 0 bridgehead atoms. The van der Waals surface area contributed by atoms with Gasteiger partial charge in [-0.25, -0.2) is 9.97 Å². The predicted molar refractivity (Wildman–Crippen MR) is 192 cm³/mol. The van der Waals surface area contributed by atoms with Crippen LogP contribution in [0, 0.1) is 0 Å². The second kappa shape index (κ2) is 10.0. The number of aromatic nitrogens is 4. The van der Waals surface area contributed by atoms with Crippen molar-refractivity contribution in [3.8, 4) is 23.1 Å². The van der Waals surface area contributed by atoms with E-state index in [4.69, 9.17) is 14.7 Å². The molecule has 4 heterocycles. The molecule has 0 atom stereocenters. The first-order chi connectivity index (χ1) is 23.3. The Labute approximate surface area is 269 Å². The van der Waals surface area contributed by atoms with E-state index in [1.807, 2.05) is 24.5 Å². The highest BCUT2D eigenvalue weighted by Gasteiger charge is 2.17. The van der Waals surface area contributed by atoms with Crippen molar-refractivity contribution in [1.82, 2.24) is 19.1 Å². The third-order valence-electron chi connectivity index (χ3n) is 9.22. The van der Waals surface area contributed by atoms with Crippen LogP contribution in [0.25, 0.3) is 76.8 Å². The Hall–Kier alpha value is -6.46. The summed E-state index contributed by atoms with van der Waals surface area (Å²) in [6, 6.07) is 50.6. The number of para-hydroxylation sites is 2. The van der Waals surface area contributed by atoms with Crippen molar-refractivity contribution >= 4 is 65.2 Å². The van der Waals surface area contributed by atoms with E-state index < -0.39 is 0 Å². The molecule has 0 saturated carbocycles. The van der Waals surface area contributed by atoms with Gasteiger partial charge in [-0.3, -0.25) is 9.13 Å². The van der Waals surface area contributed by atoms with Crippen molar-refractivity contribution in [2.45, 2.75) is 0 Å². The number of pyridine rings is 2. The topological polar surface area (TPSA) is 44.9 Å². The Bertz CT molecular complexity index is 2650. The van der Waals surface area contributed by atoms with Crippen molar-refractivity contribution in [2.75, 3.05) is 0 Å². The van der Waals surface area contributed by atoms with Gasteiger partial charge in [-0.1, -0.05) is 84.9 Å². The van der Waals surface area contributed by atoms with Crippen LogP contribution in [0.2, 0.25) is 0 Å². The van der Waals surface area contributed by atoms with Gasteiger partial charge >= 0.3 is 0 Å². The van der Waals surface area contributed by atoms with Crippen LogP contribution >= 0.6 is 0 Å². The van der Waals surface area contributed by atoms with Gasteiger partial charge in [-0.2, -0.15) is 0 Å². The van der Waals surface area contributed by atoms with Crippen LogP contribution in [0.1, 0.15) is 0 Å². The lowest BCUT2D eigenvalue weighted by molar-refractivity contribution is 0.484. The summed E-state index contributed by atoms with van der Waals surface area (Å²) in [4.78, 5) is 9.78. The molecule has 0 unspecified atom stereocenters. The minimum Gasteiger partial charge on any atom is -0.457 e. The van der Waals surface area contributed by atoms with E-state index in [1.54, 1.807) is 0 Å². The predicted octanol–water partition coefficient (Wildman–Crippen LogP) is 10.8. The van der Waals surface area contributed by atoms with E-state index in [0.29, 0.717) is 0 Å². The highest BCUT2D eigenvalue weighted by atomic mass is 16.5. The standard InChI is InChI=1S/C42H26N4O/c1-3-11-29-25-43-41(21-27(29)9-1)45-37-15-7-5-13-33(37)35-19-17-31(23-39(35)45)47-32-18-20-36-34-14-6-8-16-38(34)46(40(36)24-32)42-22-28-10-2-4-12-30(28)26-44-42/h1-26H. The summed E-state index contributed by atoms with van der Waals surface area (Å²) < 4.78 is 11.1. The van der Waals surface area contributed by atoms with E-state index in [0.717, 1.165) is 77.5 Å². The molecule has 0 spiro atoms. The molecule has 0 saturated heterocycles. The Morgan fingerprint density at radius 2 is 0.766 bits per heavy atom. The first kappa shape index (κ1) is 25.8. The number of nitrogens with zero attached hydrogens (tertiary/aromatic N) is 4. The normalized spacial score (nSPS) is 11.8. The maximum Gasteiger partial charge on any atom is 0.138 e. The van der Waals surface area contributed by atoms with Gasteiger partial charge in [0, 0.05) is 56.8 Å². The summed E-state index contributed by atoms with van der Waals surface area (Å²) in [5, 5.41) is 9.21. The van der Waals surface area contributed by atoms with E-state index in [2.05, 4.69) is 143 Å². The molecule has 0 aliphatic rings. The van der Waals surface area contributed by atoms with E-state index in [1.165, 1.54) is 10.8 Å². The van der Waals surface area contributed by atoms with Gasteiger partial charge in [0.1, 0.15) is 23.1 Å². The molecule has 10 rings (SSSR count). The largest absolute Gasteiger partial charge is 0.457 e. The smallest absolute Gasteiger partial charge is 0.138 e. The quantitative estimate of drug-likeness (QED) is 0.201. The maximum absolute atomic E-state index is 6.64. The average Bonchev–Trinajstić information content (AvgIpc) is 3.63. The fourth-order valence-electron chi connectivity index (χ4n) is 7.05. The monoisotopic (exact) mass is 602 g/mol. The molecule has 0 aliphatic carbocycles. The zero-order chi connectivity index (χ0) is 30.9. The highest BCUT2D eigenvalue weighted by molar-refractivity contribution is 6.11. The van der Waals surface area contributed by atoms with Crippen molar-refractivity contribution in [1.29, 1.82) is 0 Å². The molecular weight excluding hydrogens is 576 g/mol. The maximum atomic E-state index is 6.64. The SMILES string of the molecule is c1ccc2cc(-n3c4ccccc4c4ccc(Oc5ccc6c7ccccc7n(-c7cc8ccccc8cn7)c6c5)cc43)ncc2c1. The Kier molecular flexibility index (Phi) is 5.51. The lowest BCUT2D eigenvalue weighted by Gasteiger charge is -2.11. The number of rotatable bonds is 4. The first-order valence-corrected chi connectivity index (χ1v) is 15.7. The lowest BCUT2D eigenvalue weighted by Crippen LogP contribution is -1.98. The highest BCUT2D eigenvalue weighted by Crippen LogP contribution is 2.38. The fraction of sp³-hybridized carbons (Fsp3) is 0. The molecule has 5 heteroatoms. The van der Waals surface area contributed by atoms with Gasteiger partial charge in [0.15, 0.2) is 0 Å². The van der Waals surface area contributed by atoms with Gasteiger partial charge in [0.05, 0.1) is 22.1 Å². The zero-order valence-corrected chi connectivity index (χ0v) is 25.2. The molecule has 220 valence electrons. The van der Waals surface area contributed by atoms with Crippen molar-refractivity contribution in [3.05, 3.63) is 158 Å². The second-order valence-electron chi connectivity index (χ2n) is 11.9. The van der Waals surface area contributed by atoms with Gasteiger partial charge in [0.25, 0.3) is 0 Å². The number of ether oxygens (including phenoxy) is 1. The minimum absolute atomic E-state index is 0.758. The fourth-order valence-corrected chi connectivity index (χ4v) is 7.05. The lowest BCUT2D eigenvalue weighted by atomic mass is 10.1. The Morgan fingerprint density at radius 1 is 0.362 bits per heavy atom. The second-order valence-corrected chi connectivity index (χ2v) is 11.9. The number of benzene rings is 6. The minimum atomic E-state index is 0.758. The third-order valence-corrected chi connectivity index (χ3v) is 9.22. The zero-order valence-electron chi connectivity index (χ0n) is 25.2. The average molecular weight is 603 g/mol. The number of hydrogen-bond acceptors (Lipinski definition) is 3. The van der Waals surface area contributed by atoms with Gasteiger partial charge < -0.3 is 4.74 Å². The van der Waals surface area contributed by atoms with E-state index in [-0.39, 0.29) is 0 Å². The molecule has 0 amide bonds. The summed E-state index contributed by atoms with van der Waals surface area (Å²) >= 11 is 0. The van der Waals surface area contributed by atoms with Crippen LogP contribution in [-0.2, 0) is 0 Å². The van der Waals surface area contributed by atoms with Crippen LogP contribution in [0.5, 0.6) is 11.5 Å². The number of hydrogen-bond donors (Lipinski definition) is 0. The summed E-state index contributed by atoms with van der Waals surface area (Å²) in [5.74, 6) is 3.27. The van der Waals surface area contributed by atoms with Crippen LogP contribution in [0.15, 0.2) is 158 Å². The summed E-state index contributed by atoms with van der Waals surface area (Å²) in [7, 11) is 0. The summed E-state index contributed by atoms with van der Waals surface area (Å²) in [6.45, 7) is 0. The molecule has 10 aromatic rings. The molecule has 4 aromatic heterocycles. The number of fused-ring (bicyclic) bond motifs is 8. The van der Waals surface area contributed by atoms with Crippen molar-refractivity contribution in [2.24, 2.45) is 0 Å². The van der Waals surface area contributed by atoms with Crippen LogP contribution in [-0.4, -0.2) is 19.1 Å². The molecule has 0 radical (unpaired) electrons. The molecule has 47 heavy (non-hydrogen) atoms. The third kappa shape index (κ3) is 4.03. The van der Waals surface area contributed by atoms with Crippen LogP contribution < -0.4 is 4.74 Å². The van der Waals surface area contributed by atoms with E-state index >= 15 is 0 Å². The van der Waals surface area contributed by atoms with E-state index in [9.17, 15) is 0 Å². The molecule has 6 aromatic carbocycles. The van der Waals surface area contributed by atoms with Gasteiger partial charge in [-0.15, -0.1) is 0 Å². The molecule has 0 fully saturated rings. The Morgan fingerprint density at radius 3 is 1.26 bits per heavy atom. The van der Waals surface area contributed by atoms with Crippen molar-refractivity contribution < 1.29 is 4.74 Å². The van der Waals surface area contributed by atoms with Crippen molar-refractivity contribution in [3.63, 3.8) is 0 Å². The first-order valence-electron chi connectivity index (χ1n) is 15.7. The van der Waals surface area contributed by atoms with Crippen LogP contribution in [0.3, 0.4) is 0 Å². The molecule has 0 aliphatic heterocycles. The molecule has 5 nitrogen and oxygen atoms in total. The molecular formula is C42H26N4O.